The summed E-state index contributed by atoms with van der Waals surface area (Å²) in [5, 5.41) is 9.03. The summed E-state index contributed by atoms with van der Waals surface area (Å²) in [6.07, 6.45) is 0.558. The molecule has 1 fully saturated rings. The van der Waals surface area contributed by atoms with Crippen LogP contribution in [0.4, 0.5) is 0 Å². The van der Waals surface area contributed by atoms with Crippen LogP contribution in [-0.4, -0.2) is 37.5 Å². The van der Waals surface area contributed by atoms with Gasteiger partial charge in [-0.25, -0.2) is 0 Å². The number of aliphatic hydroxyl groups is 1. The number of ether oxygens (including phenoxy) is 2. The highest BCUT2D eigenvalue weighted by atomic mass is 16.5. The minimum Gasteiger partial charge on any atom is -0.465 e. The van der Waals surface area contributed by atoms with Crippen LogP contribution >= 0.6 is 0 Å². The molecule has 0 amide bonds. The number of rotatable bonds is 3. The summed E-state index contributed by atoms with van der Waals surface area (Å²) in [6, 6.07) is 0. The quantitative estimate of drug-likeness (QED) is 0.609. The first-order valence-corrected chi connectivity index (χ1v) is 4.11. The van der Waals surface area contributed by atoms with Crippen molar-refractivity contribution in [3.05, 3.63) is 0 Å². The monoisotopic (exact) mass is 174 g/mol. The Kier molecular flexibility index (Phi) is 3.05. The summed E-state index contributed by atoms with van der Waals surface area (Å²) in [4.78, 5) is 11.3. The molecule has 0 aromatic carbocycles. The first kappa shape index (κ1) is 9.48. The van der Waals surface area contributed by atoms with Crippen LogP contribution in [0.1, 0.15) is 13.3 Å². The van der Waals surface area contributed by atoms with Gasteiger partial charge in [-0.3, -0.25) is 4.79 Å². The molecule has 0 aromatic rings. The van der Waals surface area contributed by atoms with Crippen molar-refractivity contribution in [2.24, 2.45) is 5.41 Å². The number of esters is 1. The molecule has 4 nitrogen and oxygen atoms in total. The van der Waals surface area contributed by atoms with Gasteiger partial charge in [0.25, 0.3) is 0 Å². The predicted octanol–water partition coefficient (Wildman–Crippen LogP) is -0.0515. The second-order valence-corrected chi connectivity index (χ2v) is 2.96. The van der Waals surface area contributed by atoms with E-state index in [2.05, 4.69) is 0 Å². The van der Waals surface area contributed by atoms with Gasteiger partial charge in [-0.1, -0.05) is 0 Å². The number of hydrogen-bond donors (Lipinski definition) is 1. The van der Waals surface area contributed by atoms with Crippen LogP contribution in [-0.2, 0) is 14.3 Å². The maximum atomic E-state index is 11.3. The van der Waals surface area contributed by atoms with Crippen molar-refractivity contribution in [2.45, 2.75) is 13.3 Å². The molecular formula is C8H14O4. The third-order valence-corrected chi connectivity index (χ3v) is 2.11. The first-order chi connectivity index (χ1) is 5.75. The van der Waals surface area contributed by atoms with Gasteiger partial charge in [0, 0.05) is 6.61 Å². The molecule has 0 radical (unpaired) electrons. The zero-order valence-corrected chi connectivity index (χ0v) is 7.21. The SMILES string of the molecule is CCOC(=O)C1(CO)CCOC1. The van der Waals surface area contributed by atoms with E-state index in [1.165, 1.54) is 0 Å². The maximum Gasteiger partial charge on any atom is 0.316 e. The predicted molar refractivity (Wildman–Crippen MR) is 41.6 cm³/mol. The summed E-state index contributed by atoms with van der Waals surface area (Å²) in [6.45, 7) is 2.72. The summed E-state index contributed by atoms with van der Waals surface area (Å²) < 4.78 is 9.90. The van der Waals surface area contributed by atoms with Gasteiger partial charge in [-0.15, -0.1) is 0 Å². The second kappa shape index (κ2) is 3.87. The van der Waals surface area contributed by atoms with Gasteiger partial charge in [0.2, 0.25) is 0 Å². The van der Waals surface area contributed by atoms with E-state index >= 15 is 0 Å². The Morgan fingerprint density at radius 2 is 2.50 bits per heavy atom. The van der Waals surface area contributed by atoms with Gasteiger partial charge in [0.05, 0.1) is 19.8 Å². The zero-order valence-electron chi connectivity index (χ0n) is 7.21. The Balaban J connectivity index is 2.59. The van der Waals surface area contributed by atoms with Crippen LogP contribution in [0.15, 0.2) is 0 Å². The van der Waals surface area contributed by atoms with Crippen molar-refractivity contribution in [1.29, 1.82) is 0 Å². The molecule has 0 saturated carbocycles. The van der Waals surface area contributed by atoms with E-state index in [1.807, 2.05) is 0 Å². The number of carbonyl (C=O) groups excluding carboxylic acids is 1. The molecule has 0 aliphatic carbocycles. The number of aliphatic hydroxyl groups excluding tert-OH is 1. The summed E-state index contributed by atoms with van der Waals surface area (Å²) >= 11 is 0. The lowest BCUT2D eigenvalue weighted by atomic mass is 9.89. The molecule has 1 unspecified atom stereocenters. The lowest BCUT2D eigenvalue weighted by Crippen LogP contribution is -2.37. The summed E-state index contributed by atoms with van der Waals surface area (Å²) in [7, 11) is 0. The normalized spacial score (nSPS) is 28.8. The molecule has 0 spiro atoms. The van der Waals surface area contributed by atoms with E-state index in [1.54, 1.807) is 6.92 Å². The fourth-order valence-corrected chi connectivity index (χ4v) is 1.24. The van der Waals surface area contributed by atoms with E-state index in [4.69, 9.17) is 14.6 Å². The largest absolute Gasteiger partial charge is 0.465 e. The highest BCUT2D eigenvalue weighted by molar-refractivity contribution is 5.77. The van der Waals surface area contributed by atoms with E-state index in [0.29, 0.717) is 19.6 Å². The standard InChI is InChI=1S/C8H14O4/c1-2-12-7(10)8(5-9)3-4-11-6-8/h9H,2-6H2,1H3. The highest BCUT2D eigenvalue weighted by Gasteiger charge is 2.43. The van der Waals surface area contributed by atoms with Crippen LogP contribution in [0.2, 0.25) is 0 Å². The molecule has 0 bridgehead atoms. The Labute approximate surface area is 71.5 Å². The molecule has 1 rings (SSSR count). The van der Waals surface area contributed by atoms with Crippen LogP contribution in [0.25, 0.3) is 0 Å². The Bertz CT molecular complexity index is 160. The molecule has 1 saturated heterocycles. The van der Waals surface area contributed by atoms with E-state index in [0.717, 1.165) is 0 Å². The fourth-order valence-electron chi connectivity index (χ4n) is 1.24. The van der Waals surface area contributed by atoms with Gasteiger partial charge in [-0.05, 0) is 13.3 Å². The highest BCUT2D eigenvalue weighted by Crippen LogP contribution is 2.29. The van der Waals surface area contributed by atoms with Crippen molar-refractivity contribution < 1.29 is 19.4 Å². The van der Waals surface area contributed by atoms with Crippen LogP contribution in [0.5, 0.6) is 0 Å². The third-order valence-electron chi connectivity index (χ3n) is 2.11. The second-order valence-electron chi connectivity index (χ2n) is 2.96. The average Bonchev–Trinajstić information content (AvgIpc) is 2.54. The van der Waals surface area contributed by atoms with Gasteiger partial charge >= 0.3 is 5.97 Å². The molecule has 1 aliphatic rings. The van der Waals surface area contributed by atoms with Crippen molar-refractivity contribution in [3.63, 3.8) is 0 Å². The molecule has 12 heavy (non-hydrogen) atoms. The average molecular weight is 174 g/mol. The molecule has 1 atom stereocenters. The molecule has 0 aromatic heterocycles. The molecule has 70 valence electrons. The molecule has 4 heteroatoms. The lowest BCUT2D eigenvalue weighted by molar-refractivity contribution is -0.157. The smallest absolute Gasteiger partial charge is 0.316 e. The Morgan fingerprint density at radius 1 is 1.75 bits per heavy atom. The van der Waals surface area contributed by atoms with Gasteiger partial charge < -0.3 is 14.6 Å². The van der Waals surface area contributed by atoms with Crippen LogP contribution in [0.3, 0.4) is 0 Å². The van der Waals surface area contributed by atoms with Crippen LogP contribution < -0.4 is 0 Å². The fraction of sp³-hybridized carbons (Fsp3) is 0.875. The lowest BCUT2D eigenvalue weighted by Gasteiger charge is -2.21. The van der Waals surface area contributed by atoms with Gasteiger partial charge in [0.15, 0.2) is 0 Å². The molecular weight excluding hydrogens is 160 g/mol. The molecule has 1 N–H and O–H groups in total. The Morgan fingerprint density at radius 3 is 2.92 bits per heavy atom. The third kappa shape index (κ3) is 1.59. The van der Waals surface area contributed by atoms with E-state index in [-0.39, 0.29) is 19.2 Å². The van der Waals surface area contributed by atoms with E-state index in [9.17, 15) is 4.79 Å². The number of hydrogen-bond acceptors (Lipinski definition) is 4. The number of carbonyl (C=O) groups is 1. The minimum atomic E-state index is -0.782. The zero-order chi connectivity index (χ0) is 9.03. The minimum absolute atomic E-state index is 0.189. The molecule has 1 aliphatic heterocycles. The summed E-state index contributed by atoms with van der Waals surface area (Å²) in [5.41, 5.74) is -0.782. The maximum absolute atomic E-state index is 11.3. The van der Waals surface area contributed by atoms with Crippen molar-refractivity contribution in [3.8, 4) is 0 Å². The van der Waals surface area contributed by atoms with Gasteiger partial charge in [-0.2, -0.15) is 0 Å². The first-order valence-electron chi connectivity index (χ1n) is 4.11. The molecule has 1 heterocycles. The van der Waals surface area contributed by atoms with Crippen LogP contribution in [0, 0.1) is 5.41 Å². The Hall–Kier alpha value is -0.610. The van der Waals surface area contributed by atoms with E-state index < -0.39 is 5.41 Å². The van der Waals surface area contributed by atoms with Gasteiger partial charge in [0.1, 0.15) is 5.41 Å². The topological polar surface area (TPSA) is 55.8 Å². The van der Waals surface area contributed by atoms with Crippen molar-refractivity contribution >= 4 is 5.97 Å². The van der Waals surface area contributed by atoms with Crippen molar-refractivity contribution in [1.82, 2.24) is 0 Å². The summed E-state index contributed by atoms with van der Waals surface area (Å²) in [5.74, 6) is -0.343. The van der Waals surface area contributed by atoms with Crippen molar-refractivity contribution in [2.75, 3.05) is 26.4 Å².